The van der Waals surface area contributed by atoms with Crippen molar-refractivity contribution in [3.8, 4) is 40.0 Å². The molecule has 0 unspecified atom stereocenters. The summed E-state index contributed by atoms with van der Waals surface area (Å²) in [7, 11) is 3.16. The number of carbonyl (C=O) groups excluding carboxylic acids is 1. The Kier molecular flexibility index (Phi) is 8.67. The maximum atomic E-state index is 12.6. The number of rotatable bonds is 9. The highest BCUT2D eigenvalue weighted by molar-refractivity contribution is 7.99. The molecule has 192 valence electrons. The molecular formula is C31H29N3O3S. The van der Waals surface area contributed by atoms with Crippen LogP contribution in [-0.4, -0.2) is 30.9 Å². The lowest BCUT2D eigenvalue weighted by molar-refractivity contribution is -0.115. The van der Waals surface area contributed by atoms with Gasteiger partial charge in [0.05, 0.1) is 25.5 Å². The van der Waals surface area contributed by atoms with Crippen LogP contribution in [-0.2, 0) is 4.79 Å². The third-order valence-corrected chi connectivity index (χ3v) is 7.20. The van der Waals surface area contributed by atoms with E-state index in [0.29, 0.717) is 33.4 Å². The highest BCUT2D eigenvalue weighted by Gasteiger charge is 2.20. The van der Waals surface area contributed by atoms with Gasteiger partial charge in [-0.2, -0.15) is 5.26 Å². The molecule has 4 aromatic rings. The van der Waals surface area contributed by atoms with E-state index in [1.54, 1.807) is 14.2 Å². The van der Waals surface area contributed by atoms with E-state index in [0.717, 1.165) is 28.1 Å². The molecule has 0 aliphatic carbocycles. The minimum atomic E-state index is -0.0897. The fourth-order valence-electron chi connectivity index (χ4n) is 4.09. The molecule has 1 heterocycles. The summed E-state index contributed by atoms with van der Waals surface area (Å²) >= 11 is 1.39. The van der Waals surface area contributed by atoms with Crippen LogP contribution >= 0.6 is 11.8 Å². The van der Waals surface area contributed by atoms with E-state index in [2.05, 4.69) is 11.4 Å². The Morgan fingerprint density at radius 1 is 0.947 bits per heavy atom. The Balaban J connectivity index is 1.66. The number of para-hydroxylation sites is 1. The zero-order chi connectivity index (χ0) is 27.1. The molecule has 0 atom stereocenters. The number of hydrogen-bond acceptors (Lipinski definition) is 6. The number of nitriles is 1. The first-order valence-corrected chi connectivity index (χ1v) is 13.2. The molecule has 1 amide bonds. The summed E-state index contributed by atoms with van der Waals surface area (Å²) in [5.41, 5.74) is 6.58. The molecule has 0 radical (unpaired) electrons. The third-order valence-electron chi connectivity index (χ3n) is 6.22. The molecular weight excluding hydrogens is 494 g/mol. The minimum Gasteiger partial charge on any atom is -0.493 e. The maximum Gasteiger partial charge on any atom is 0.225 e. The first-order chi connectivity index (χ1) is 18.4. The van der Waals surface area contributed by atoms with E-state index in [9.17, 15) is 10.1 Å². The molecule has 1 aromatic heterocycles. The molecule has 7 heteroatoms. The van der Waals surface area contributed by atoms with Crippen LogP contribution in [0.4, 0.5) is 5.69 Å². The third kappa shape index (κ3) is 5.99. The number of aromatic nitrogens is 1. The second-order valence-electron chi connectivity index (χ2n) is 8.70. The van der Waals surface area contributed by atoms with Crippen molar-refractivity contribution in [2.45, 2.75) is 25.3 Å². The Morgan fingerprint density at radius 2 is 1.74 bits per heavy atom. The van der Waals surface area contributed by atoms with Gasteiger partial charge in [0.25, 0.3) is 0 Å². The Morgan fingerprint density at radius 3 is 2.42 bits per heavy atom. The van der Waals surface area contributed by atoms with Crippen LogP contribution in [0.2, 0.25) is 0 Å². The predicted octanol–water partition coefficient (Wildman–Crippen LogP) is 7.04. The number of pyridine rings is 1. The number of hydrogen-bond donors (Lipinski definition) is 1. The van der Waals surface area contributed by atoms with E-state index < -0.39 is 0 Å². The number of carbonyl (C=O) groups is 1. The molecule has 0 bridgehead atoms. The average molecular weight is 524 g/mol. The van der Waals surface area contributed by atoms with Gasteiger partial charge in [0.1, 0.15) is 11.1 Å². The minimum absolute atomic E-state index is 0.0897. The van der Waals surface area contributed by atoms with Gasteiger partial charge in [-0.1, -0.05) is 48.5 Å². The highest BCUT2D eigenvalue weighted by atomic mass is 32.2. The summed E-state index contributed by atoms with van der Waals surface area (Å²) < 4.78 is 11.2. The molecule has 0 saturated carbocycles. The summed E-state index contributed by atoms with van der Waals surface area (Å²) in [6.07, 6.45) is 0.275. The van der Waals surface area contributed by atoms with Crippen molar-refractivity contribution in [2.75, 3.05) is 25.3 Å². The predicted molar refractivity (Wildman–Crippen MR) is 153 cm³/mol. The van der Waals surface area contributed by atoms with Crippen molar-refractivity contribution in [2.24, 2.45) is 0 Å². The Hall–Kier alpha value is -4.28. The van der Waals surface area contributed by atoms with Crippen molar-refractivity contribution in [1.82, 2.24) is 4.98 Å². The summed E-state index contributed by atoms with van der Waals surface area (Å²) in [5.74, 6) is 1.49. The number of nitrogens with zero attached hydrogens (tertiary/aromatic N) is 2. The second-order valence-corrected chi connectivity index (χ2v) is 9.78. The van der Waals surface area contributed by atoms with Crippen molar-refractivity contribution >= 4 is 23.4 Å². The summed E-state index contributed by atoms with van der Waals surface area (Å²) in [6.45, 7) is 4.06. The maximum absolute atomic E-state index is 12.6. The molecule has 0 aliphatic heterocycles. The van der Waals surface area contributed by atoms with Crippen molar-refractivity contribution < 1.29 is 14.3 Å². The lowest BCUT2D eigenvalue weighted by atomic mass is 9.98. The van der Waals surface area contributed by atoms with Gasteiger partial charge < -0.3 is 14.8 Å². The van der Waals surface area contributed by atoms with E-state index in [4.69, 9.17) is 14.5 Å². The van der Waals surface area contributed by atoms with Gasteiger partial charge in [-0.05, 0) is 49.2 Å². The Bertz CT molecular complexity index is 1500. The van der Waals surface area contributed by atoms with Gasteiger partial charge in [-0.3, -0.25) is 4.79 Å². The summed E-state index contributed by atoms with van der Waals surface area (Å²) in [6, 6.07) is 25.5. The van der Waals surface area contributed by atoms with E-state index in [1.165, 1.54) is 17.3 Å². The number of aryl methyl sites for hydroxylation is 2. The topological polar surface area (TPSA) is 84.2 Å². The molecule has 0 fully saturated rings. The normalized spacial score (nSPS) is 10.5. The van der Waals surface area contributed by atoms with Gasteiger partial charge in [-0.25, -0.2) is 4.98 Å². The number of nitrogens with one attached hydrogen (secondary N) is 1. The van der Waals surface area contributed by atoms with Crippen LogP contribution in [0.15, 0.2) is 77.8 Å². The SMILES string of the molecule is COc1cccc(-c2cc(-c3ccccc3)nc(SCCC(=O)Nc3ccc(C)c(C)c3)c2C#N)c1OC. The van der Waals surface area contributed by atoms with E-state index >= 15 is 0 Å². The highest BCUT2D eigenvalue weighted by Crippen LogP contribution is 2.42. The number of methoxy groups -OCH3 is 2. The molecule has 0 aliphatic rings. The number of amides is 1. The molecule has 38 heavy (non-hydrogen) atoms. The summed E-state index contributed by atoms with van der Waals surface area (Å²) in [4.78, 5) is 17.5. The number of thioether (sulfide) groups is 1. The van der Waals surface area contributed by atoms with Crippen LogP contribution in [0.5, 0.6) is 11.5 Å². The van der Waals surface area contributed by atoms with Crippen LogP contribution in [0.3, 0.4) is 0 Å². The second kappa shape index (κ2) is 12.3. The number of ether oxygens (including phenoxy) is 2. The summed E-state index contributed by atoms with van der Waals surface area (Å²) in [5, 5.41) is 13.7. The molecule has 1 N–H and O–H groups in total. The lowest BCUT2D eigenvalue weighted by Gasteiger charge is -2.16. The zero-order valence-corrected chi connectivity index (χ0v) is 22.7. The molecule has 6 nitrogen and oxygen atoms in total. The van der Waals surface area contributed by atoms with Crippen LogP contribution in [0.25, 0.3) is 22.4 Å². The lowest BCUT2D eigenvalue weighted by Crippen LogP contribution is -2.12. The fraction of sp³-hybridized carbons (Fsp3) is 0.194. The molecule has 4 rings (SSSR count). The van der Waals surface area contributed by atoms with Gasteiger partial charge in [0.15, 0.2) is 11.5 Å². The van der Waals surface area contributed by atoms with Crippen molar-refractivity contribution in [3.05, 3.63) is 89.5 Å². The van der Waals surface area contributed by atoms with Gasteiger partial charge in [0.2, 0.25) is 5.91 Å². The van der Waals surface area contributed by atoms with Crippen molar-refractivity contribution in [1.29, 1.82) is 5.26 Å². The average Bonchev–Trinajstić information content (AvgIpc) is 2.94. The molecule has 3 aromatic carbocycles. The Labute approximate surface area is 227 Å². The van der Waals surface area contributed by atoms with Crippen LogP contribution in [0.1, 0.15) is 23.1 Å². The van der Waals surface area contributed by atoms with Gasteiger partial charge in [-0.15, -0.1) is 11.8 Å². The van der Waals surface area contributed by atoms with Crippen molar-refractivity contribution in [3.63, 3.8) is 0 Å². The quantitative estimate of drug-likeness (QED) is 0.237. The van der Waals surface area contributed by atoms with Crippen LogP contribution < -0.4 is 14.8 Å². The number of benzene rings is 3. The van der Waals surface area contributed by atoms with Gasteiger partial charge in [0, 0.05) is 34.6 Å². The van der Waals surface area contributed by atoms with Gasteiger partial charge >= 0.3 is 0 Å². The first kappa shape index (κ1) is 26.8. The zero-order valence-electron chi connectivity index (χ0n) is 21.9. The monoisotopic (exact) mass is 523 g/mol. The fourth-order valence-corrected chi connectivity index (χ4v) is 5.03. The largest absolute Gasteiger partial charge is 0.493 e. The number of anilines is 1. The smallest absolute Gasteiger partial charge is 0.225 e. The molecule has 0 saturated heterocycles. The first-order valence-electron chi connectivity index (χ1n) is 12.2. The molecule has 0 spiro atoms. The van der Waals surface area contributed by atoms with E-state index in [-0.39, 0.29) is 12.3 Å². The van der Waals surface area contributed by atoms with Crippen LogP contribution in [0, 0.1) is 25.2 Å². The standard InChI is InChI=1S/C31H29N3O3S/c1-20-13-14-23(17-21(20)2)33-29(35)15-16-38-31-26(19-32)25(18-27(34-31)22-9-6-5-7-10-22)24-11-8-12-28(36-3)30(24)37-4/h5-14,17-18H,15-16H2,1-4H3,(H,33,35). The van der Waals surface area contributed by atoms with E-state index in [1.807, 2.05) is 86.6 Å².